The summed E-state index contributed by atoms with van der Waals surface area (Å²) in [5.41, 5.74) is 0.371. The van der Waals surface area contributed by atoms with Crippen molar-refractivity contribution >= 4 is 0 Å². The molecule has 1 N–H and O–H groups in total. The Labute approximate surface area is 107 Å². The molecule has 1 spiro atoms. The van der Waals surface area contributed by atoms with Gasteiger partial charge in [-0.15, -0.1) is 0 Å². The van der Waals surface area contributed by atoms with E-state index in [1.807, 2.05) is 0 Å². The Kier molecular flexibility index (Phi) is 2.81. The Morgan fingerprint density at radius 3 is 2.78 bits per heavy atom. The Morgan fingerprint density at radius 2 is 2.06 bits per heavy atom. The molecule has 98 valence electrons. The molecule has 1 atom stereocenters. The highest BCUT2D eigenvalue weighted by Gasteiger charge is 2.42. The zero-order valence-corrected chi connectivity index (χ0v) is 10.7. The molecule has 18 heavy (non-hydrogen) atoms. The van der Waals surface area contributed by atoms with Crippen molar-refractivity contribution in [2.24, 2.45) is 5.92 Å². The van der Waals surface area contributed by atoms with Crippen LogP contribution in [-0.2, 0) is 0 Å². The fourth-order valence-electron chi connectivity index (χ4n) is 3.20. The van der Waals surface area contributed by atoms with Gasteiger partial charge in [-0.3, -0.25) is 0 Å². The summed E-state index contributed by atoms with van der Waals surface area (Å²) < 4.78 is 19.3. The third-order valence-corrected chi connectivity index (χ3v) is 4.41. The molecule has 1 aliphatic heterocycles. The normalized spacial score (nSPS) is 35.1. The van der Waals surface area contributed by atoms with E-state index >= 15 is 0 Å². The van der Waals surface area contributed by atoms with Gasteiger partial charge in [-0.25, -0.2) is 4.39 Å². The average Bonchev–Trinajstić information content (AvgIpc) is 2.35. The Hall–Kier alpha value is -1.09. The number of ether oxygens (including phenoxy) is 1. The molecule has 0 amide bonds. The smallest absolute Gasteiger partial charge is 0.126 e. The number of rotatable bonds is 0. The van der Waals surface area contributed by atoms with Crippen LogP contribution in [0.1, 0.15) is 50.7 Å². The van der Waals surface area contributed by atoms with Crippen molar-refractivity contribution in [1.82, 2.24) is 0 Å². The van der Waals surface area contributed by atoms with E-state index in [1.165, 1.54) is 12.1 Å². The van der Waals surface area contributed by atoms with Crippen LogP contribution in [0.2, 0.25) is 0 Å². The van der Waals surface area contributed by atoms with E-state index in [-0.39, 0.29) is 11.4 Å². The number of benzene rings is 1. The van der Waals surface area contributed by atoms with Gasteiger partial charge in [0.05, 0.1) is 6.10 Å². The van der Waals surface area contributed by atoms with E-state index in [2.05, 4.69) is 6.92 Å². The van der Waals surface area contributed by atoms with Crippen molar-refractivity contribution in [1.29, 1.82) is 0 Å². The summed E-state index contributed by atoms with van der Waals surface area (Å²) in [7, 11) is 0. The number of hydrogen-bond donors (Lipinski definition) is 1. The minimum atomic E-state index is -0.599. The van der Waals surface area contributed by atoms with Crippen LogP contribution in [0.25, 0.3) is 0 Å². The molecule has 1 aromatic rings. The summed E-state index contributed by atoms with van der Waals surface area (Å²) in [4.78, 5) is 0. The fourth-order valence-corrected chi connectivity index (χ4v) is 3.20. The standard InChI is InChI=1S/C15H19FO2/c1-10-4-6-15(7-5-10)9-13(17)12-8-11(16)2-3-14(12)18-15/h2-3,8,10,13,17H,4-7,9H2,1H3/t10?,13-,15?/m1/s1. The predicted molar refractivity (Wildman–Crippen MR) is 67.0 cm³/mol. The van der Waals surface area contributed by atoms with Gasteiger partial charge in [0, 0.05) is 12.0 Å². The van der Waals surface area contributed by atoms with Gasteiger partial charge in [-0.2, -0.15) is 0 Å². The quantitative estimate of drug-likeness (QED) is 0.762. The molecule has 0 bridgehead atoms. The molecular formula is C15H19FO2. The van der Waals surface area contributed by atoms with Crippen LogP contribution in [-0.4, -0.2) is 10.7 Å². The predicted octanol–water partition coefficient (Wildman–Crippen LogP) is 3.59. The molecule has 0 radical (unpaired) electrons. The highest BCUT2D eigenvalue weighted by Crippen LogP contribution is 2.47. The van der Waals surface area contributed by atoms with Crippen molar-refractivity contribution < 1.29 is 14.2 Å². The van der Waals surface area contributed by atoms with Crippen LogP contribution in [0.5, 0.6) is 5.75 Å². The van der Waals surface area contributed by atoms with E-state index in [4.69, 9.17) is 4.74 Å². The van der Waals surface area contributed by atoms with Crippen LogP contribution >= 0.6 is 0 Å². The summed E-state index contributed by atoms with van der Waals surface area (Å²) in [5, 5.41) is 10.2. The lowest BCUT2D eigenvalue weighted by molar-refractivity contribution is -0.0456. The lowest BCUT2D eigenvalue weighted by Gasteiger charge is -2.44. The second-order valence-electron chi connectivity index (χ2n) is 5.87. The highest BCUT2D eigenvalue weighted by atomic mass is 19.1. The summed E-state index contributed by atoms with van der Waals surface area (Å²) in [5.74, 6) is 1.08. The van der Waals surface area contributed by atoms with Gasteiger partial charge < -0.3 is 9.84 Å². The first-order valence-corrected chi connectivity index (χ1v) is 6.74. The molecule has 1 fully saturated rings. The first kappa shape index (κ1) is 12.0. The lowest BCUT2D eigenvalue weighted by atomic mass is 9.74. The van der Waals surface area contributed by atoms with Gasteiger partial charge in [0.2, 0.25) is 0 Å². The van der Waals surface area contributed by atoms with E-state index in [1.54, 1.807) is 6.07 Å². The Morgan fingerprint density at radius 1 is 1.33 bits per heavy atom. The minimum absolute atomic E-state index is 0.225. The maximum atomic E-state index is 13.2. The molecule has 1 aromatic carbocycles. The second kappa shape index (κ2) is 4.23. The SMILES string of the molecule is CC1CCC2(CC1)C[C@@H](O)c1cc(F)ccc1O2. The van der Waals surface area contributed by atoms with E-state index in [0.29, 0.717) is 17.7 Å². The van der Waals surface area contributed by atoms with E-state index in [9.17, 15) is 9.50 Å². The van der Waals surface area contributed by atoms with Crippen LogP contribution in [0.4, 0.5) is 4.39 Å². The van der Waals surface area contributed by atoms with Crippen LogP contribution in [0, 0.1) is 11.7 Å². The number of hydrogen-bond acceptors (Lipinski definition) is 2. The van der Waals surface area contributed by atoms with Crippen molar-refractivity contribution in [2.75, 3.05) is 0 Å². The van der Waals surface area contributed by atoms with Crippen LogP contribution in [0.3, 0.4) is 0 Å². The molecule has 0 unspecified atom stereocenters. The van der Waals surface area contributed by atoms with Gasteiger partial charge in [0.25, 0.3) is 0 Å². The van der Waals surface area contributed by atoms with Crippen molar-refractivity contribution in [3.8, 4) is 5.75 Å². The first-order valence-electron chi connectivity index (χ1n) is 6.74. The van der Waals surface area contributed by atoms with Gasteiger partial charge in [0.1, 0.15) is 17.2 Å². The largest absolute Gasteiger partial charge is 0.487 e. The molecule has 1 heterocycles. The maximum Gasteiger partial charge on any atom is 0.126 e. The number of halogens is 1. The average molecular weight is 250 g/mol. The van der Waals surface area contributed by atoms with Crippen LogP contribution < -0.4 is 4.74 Å². The maximum absolute atomic E-state index is 13.2. The fraction of sp³-hybridized carbons (Fsp3) is 0.600. The summed E-state index contributed by atoms with van der Waals surface area (Å²) in [6, 6.07) is 4.43. The second-order valence-corrected chi connectivity index (χ2v) is 5.87. The molecule has 0 aromatic heterocycles. The van der Waals surface area contributed by atoms with Gasteiger partial charge in [-0.05, 0) is 49.8 Å². The van der Waals surface area contributed by atoms with Crippen molar-refractivity contribution in [3.05, 3.63) is 29.6 Å². The molecule has 1 aliphatic carbocycles. The molecule has 2 nitrogen and oxygen atoms in total. The van der Waals surface area contributed by atoms with Gasteiger partial charge in [-0.1, -0.05) is 6.92 Å². The lowest BCUT2D eigenvalue weighted by Crippen LogP contribution is -2.43. The third-order valence-electron chi connectivity index (χ3n) is 4.41. The number of aliphatic hydroxyl groups is 1. The topological polar surface area (TPSA) is 29.5 Å². The Balaban J connectivity index is 1.89. The molecular weight excluding hydrogens is 231 g/mol. The number of fused-ring (bicyclic) bond motifs is 1. The monoisotopic (exact) mass is 250 g/mol. The molecule has 3 rings (SSSR count). The summed E-state index contributed by atoms with van der Waals surface area (Å²) >= 11 is 0. The molecule has 2 aliphatic rings. The zero-order valence-electron chi connectivity index (χ0n) is 10.7. The van der Waals surface area contributed by atoms with Gasteiger partial charge >= 0.3 is 0 Å². The summed E-state index contributed by atoms with van der Waals surface area (Å²) in [6.07, 6.45) is 4.25. The van der Waals surface area contributed by atoms with E-state index < -0.39 is 6.10 Å². The van der Waals surface area contributed by atoms with E-state index in [0.717, 1.165) is 31.6 Å². The zero-order chi connectivity index (χ0) is 12.8. The molecule has 0 saturated heterocycles. The van der Waals surface area contributed by atoms with Crippen molar-refractivity contribution in [2.45, 2.75) is 50.7 Å². The highest BCUT2D eigenvalue weighted by molar-refractivity contribution is 5.38. The Bertz CT molecular complexity index is 450. The summed E-state index contributed by atoms with van der Waals surface area (Å²) in [6.45, 7) is 2.26. The molecule has 3 heteroatoms. The van der Waals surface area contributed by atoms with Gasteiger partial charge in [0.15, 0.2) is 0 Å². The third kappa shape index (κ3) is 2.01. The number of aliphatic hydroxyl groups excluding tert-OH is 1. The van der Waals surface area contributed by atoms with Crippen LogP contribution in [0.15, 0.2) is 18.2 Å². The van der Waals surface area contributed by atoms with Crippen molar-refractivity contribution in [3.63, 3.8) is 0 Å². The molecule has 1 saturated carbocycles. The minimum Gasteiger partial charge on any atom is -0.487 e. The first-order chi connectivity index (χ1) is 8.58.